The van der Waals surface area contributed by atoms with Crippen molar-refractivity contribution >= 4 is 22.9 Å². The summed E-state index contributed by atoms with van der Waals surface area (Å²) < 4.78 is 9.64. The molecule has 0 saturated heterocycles. The Kier molecular flexibility index (Phi) is 10.2. The van der Waals surface area contributed by atoms with Gasteiger partial charge in [-0.05, 0) is 12.8 Å². The van der Waals surface area contributed by atoms with E-state index >= 15 is 0 Å². The molecule has 0 rings (SSSR count). The summed E-state index contributed by atoms with van der Waals surface area (Å²) >= 11 is 0. The van der Waals surface area contributed by atoms with Gasteiger partial charge in [0.05, 0.1) is 0 Å². The molecular formula is C8H22ClNOS. The summed E-state index contributed by atoms with van der Waals surface area (Å²) in [6.45, 7) is 4.24. The minimum absolute atomic E-state index is 0. The SMILES string of the molecule is CCCCS(N)(O)CCCC.Cl. The van der Waals surface area contributed by atoms with Crippen molar-refractivity contribution in [2.24, 2.45) is 5.14 Å². The van der Waals surface area contributed by atoms with E-state index in [-0.39, 0.29) is 12.4 Å². The van der Waals surface area contributed by atoms with Crippen LogP contribution in [0.25, 0.3) is 0 Å². The lowest BCUT2D eigenvalue weighted by molar-refractivity contribution is 0.616. The first-order valence-electron chi connectivity index (χ1n) is 4.41. The summed E-state index contributed by atoms with van der Waals surface area (Å²) in [7, 11) is -1.71. The maximum Gasteiger partial charge on any atom is 0.0111 e. The van der Waals surface area contributed by atoms with Crippen LogP contribution in [0.2, 0.25) is 0 Å². The normalized spacial score (nSPS) is 12.3. The van der Waals surface area contributed by atoms with E-state index in [0.717, 1.165) is 37.2 Å². The first-order chi connectivity index (χ1) is 5.12. The van der Waals surface area contributed by atoms with Crippen LogP contribution in [0.5, 0.6) is 0 Å². The van der Waals surface area contributed by atoms with Crippen LogP contribution in [0.15, 0.2) is 0 Å². The molecular weight excluding hydrogens is 194 g/mol. The Morgan fingerprint density at radius 1 is 1.08 bits per heavy atom. The highest BCUT2D eigenvalue weighted by atomic mass is 35.5. The lowest BCUT2D eigenvalue weighted by atomic mass is 10.4. The molecule has 0 radical (unpaired) electrons. The van der Waals surface area contributed by atoms with E-state index in [1.165, 1.54) is 0 Å². The molecule has 0 saturated carbocycles. The third-order valence-electron chi connectivity index (χ3n) is 1.70. The Morgan fingerprint density at radius 2 is 1.42 bits per heavy atom. The fraction of sp³-hybridized carbons (Fsp3) is 1.00. The van der Waals surface area contributed by atoms with Gasteiger partial charge in [-0.2, -0.15) is 0 Å². The monoisotopic (exact) mass is 215 g/mol. The van der Waals surface area contributed by atoms with Crippen LogP contribution in [-0.2, 0) is 0 Å². The van der Waals surface area contributed by atoms with Gasteiger partial charge >= 0.3 is 0 Å². The van der Waals surface area contributed by atoms with Gasteiger partial charge in [-0.3, -0.25) is 5.14 Å². The van der Waals surface area contributed by atoms with Gasteiger partial charge in [0, 0.05) is 11.5 Å². The van der Waals surface area contributed by atoms with Gasteiger partial charge in [0.2, 0.25) is 0 Å². The molecule has 0 aliphatic carbocycles. The van der Waals surface area contributed by atoms with E-state index in [9.17, 15) is 4.55 Å². The molecule has 12 heavy (non-hydrogen) atoms. The number of rotatable bonds is 6. The number of halogens is 1. The average Bonchev–Trinajstić information content (AvgIpc) is 1.97. The lowest BCUT2D eigenvalue weighted by Gasteiger charge is -2.28. The molecule has 0 unspecified atom stereocenters. The molecule has 0 aromatic rings. The largest absolute Gasteiger partial charge is 0.339 e. The Balaban J connectivity index is 0. The standard InChI is InChI=1S/C8H21NOS.ClH/c1-3-5-7-11(9,10)8-6-4-2;/h10H,3-9H2,1-2H3;1H. The van der Waals surface area contributed by atoms with E-state index in [4.69, 9.17) is 5.14 Å². The van der Waals surface area contributed by atoms with Crippen LogP contribution in [-0.4, -0.2) is 16.1 Å². The van der Waals surface area contributed by atoms with Gasteiger partial charge in [-0.1, -0.05) is 37.2 Å². The van der Waals surface area contributed by atoms with Gasteiger partial charge in [0.15, 0.2) is 0 Å². The fourth-order valence-corrected chi connectivity index (χ4v) is 2.67. The zero-order valence-corrected chi connectivity index (χ0v) is 9.72. The third-order valence-corrected chi connectivity index (χ3v) is 3.69. The summed E-state index contributed by atoms with van der Waals surface area (Å²) in [5.74, 6) is 1.65. The Morgan fingerprint density at radius 3 is 1.67 bits per heavy atom. The molecule has 0 spiro atoms. The molecule has 0 aliphatic rings. The minimum Gasteiger partial charge on any atom is -0.339 e. The van der Waals surface area contributed by atoms with Gasteiger partial charge < -0.3 is 4.55 Å². The van der Waals surface area contributed by atoms with E-state index in [2.05, 4.69) is 13.8 Å². The molecule has 0 bridgehead atoms. The van der Waals surface area contributed by atoms with Crippen LogP contribution >= 0.6 is 22.9 Å². The minimum atomic E-state index is -1.71. The van der Waals surface area contributed by atoms with Gasteiger partial charge in [-0.15, -0.1) is 12.4 Å². The molecule has 78 valence electrons. The maximum atomic E-state index is 9.64. The van der Waals surface area contributed by atoms with Gasteiger partial charge in [0.25, 0.3) is 0 Å². The fourth-order valence-electron chi connectivity index (χ4n) is 0.891. The topological polar surface area (TPSA) is 46.2 Å². The quantitative estimate of drug-likeness (QED) is 0.715. The Bertz CT molecular complexity index is 91.1. The van der Waals surface area contributed by atoms with Crippen LogP contribution in [0.3, 0.4) is 0 Å². The molecule has 4 heteroatoms. The van der Waals surface area contributed by atoms with E-state index in [1.807, 2.05) is 0 Å². The molecule has 0 aliphatic heterocycles. The van der Waals surface area contributed by atoms with E-state index in [1.54, 1.807) is 0 Å². The first-order valence-corrected chi connectivity index (χ1v) is 6.40. The zero-order chi connectivity index (χ0) is 8.74. The first kappa shape index (κ1) is 15.1. The molecule has 0 fully saturated rings. The van der Waals surface area contributed by atoms with Crippen molar-refractivity contribution in [2.45, 2.75) is 39.5 Å². The summed E-state index contributed by atoms with van der Waals surface area (Å²) in [6.07, 6.45) is 4.37. The van der Waals surface area contributed by atoms with Crippen LogP contribution in [0.1, 0.15) is 39.5 Å². The van der Waals surface area contributed by atoms with Crippen molar-refractivity contribution in [3.63, 3.8) is 0 Å². The lowest BCUT2D eigenvalue weighted by Crippen LogP contribution is -2.17. The third kappa shape index (κ3) is 8.65. The predicted molar refractivity (Wildman–Crippen MR) is 61.2 cm³/mol. The molecule has 0 aromatic heterocycles. The molecule has 3 N–H and O–H groups in total. The summed E-state index contributed by atoms with van der Waals surface area (Å²) in [4.78, 5) is 0. The van der Waals surface area contributed by atoms with Crippen LogP contribution < -0.4 is 5.14 Å². The highest BCUT2D eigenvalue weighted by molar-refractivity contribution is 8.27. The number of hydrogen-bond acceptors (Lipinski definition) is 2. The van der Waals surface area contributed by atoms with Crippen molar-refractivity contribution in [1.29, 1.82) is 0 Å². The summed E-state index contributed by atoms with van der Waals surface area (Å²) in [6, 6.07) is 0. The van der Waals surface area contributed by atoms with Crippen molar-refractivity contribution in [3.05, 3.63) is 0 Å². The van der Waals surface area contributed by atoms with E-state index in [0.29, 0.717) is 0 Å². The predicted octanol–water partition coefficient (Wildman–Crippen LogP) is 3.16. The highest BCUT2D eigenvalue weighted by Crippen LogP contribution is 2.36. The zero-order valence-electron chi connectivity index (χ0n) is 8.08. The smallest absolute Gasteiger partial charge is 0.0111 e. The number of unbranched alkanes of at least 4 members (excludes halogenated alkanes) is 2. The average molecular weight is 216 g/mol. The van der Waals surface area contributed by atoms with Crippen molar-refractivity contribution < 1.29 is 4.55 Å². The number of nitrogens with two attached hydrogens (primary N) is 1. The molecule has 0 amide bonds. The van der Waals surface area contributed by atoms with Crippen molar-refractivity contribution in [2.75, 3.05) is 11.5 Å². The Hall–Kier alpha value is 0.560. The van der Waals surface area contributed by atoms with Gasteiger partial charge in [0.1, 0.15) is 0 Å². The van der Waals surface area contributed by atoms with Crippen LogP contribution in [0.4, 0.5) is 0 Å². The van der Waals surface area contributed by atoms with E-state index < -0.39 is 10.5 Å². The van der Waals surface area contributed by atoms with Crippen molar-refractivity contribution in [1.82, 2.24) is 0 Å². The van der Waals surface area contributed by atoms with Crippen LogP contribution in [0, 0.1) is 0 Å². The second kappa shape index (κ2) is 8.17. The molecule has 0 aromatic carbocycles. The second-order valence-electron chi connectivity index (χ2n) is 3.02. The number of hydrogen-bond donors (Lipinski definition) is 2. The Labute approximate surface area is 84.0 Å². The second-order valence-corrected chi connectivity index (χ2v) is 5.64. The highest BCUT2D eigenvalue weighted by Gasteiger charge is 2.11. The molecule has 0 heterocycles. The summed E-state index contributed by atoms with van der Waals surface area (Å²) in [5, 5.41) is 5.73. The van der Waals surface area contributed by atoms with Gasteiger partial charge in [-0.25, -0.2) is 0 Å². The molecule has 0 atom stereocenters. The maximum absolute atomic E-state index is 9.64. The molecule has 2 nitrogen and oxygen atoms in total. The summed E-state index contributed by atoms with van der Waals surface area (Å²) in [5.41, 5.74) is 0. The van der Waals surface area contributed by atoms with Crippen molar-refractivity contribution in [3.8, 4) is 0 Å².